The zero-order valence-electron chi connectivity index (χ0n) is 14.8. The van der Waals surface area contributed by atoms with Gasteiger partial charge in [0.05, 0.1) is 6.54 Å². The molecule has 1 N–H and O–H groups in total. The average molecular weight is 362 g/mol. The van der Waals surface area contributed by atoms with Crippen LogP contribution in [0.5, 0.6) is 11.5 Å². The fourth-order valence-electron chi connectivity index (χ4n) is 2.90. The minimum Gasteiger partial charge on any atom is -0.454 e. The summed E-state index contributed by atoms with van der Waals surface area (Å²) >= 11 is 0. The van der Waals surface area contributed by atoms with E-state index in [1.54, 1.807) is 30.5 Å². The summed E-state index contributed by atoms with van der Waals surface area (Å²) in [4.78, 5) is 25.3. The molecule has 2 heterocycles. The van der Waals surface area contributed by atoms with Gasteiger partial charge >= 0.3 is 0 Å². The number of pyridine rings is 1. The first-order valence-corrected chi connectivity index (χ1v) is 8.56. The minimum atomic E-state index is -0.461. The van der Waals surface area contributed by atoms with Crippen molar-refractivity contribution >= 4 is 11.6 Å². The van der Waals surface area contributed by atoms with Crippen LogP contribution in [0.3, 0.4) is 0 Å². The molecule has 2 aromatic carbocycles. The predicted octanol–water partition coefficient (Wildman–Crippen LogP) is 3.19. The van der Waals surface area contributed by atoms with Gasteiger partial charge in [-0.05, 0) is 36.8 Å². The van der Waals surface area contributed by atoms with Crippen molar-refractivity contribution in [3.8, 4) is 11.5 Å². The van der Waals surface area contributed by atoms with E-state index in [1.807, 2.05) is 31.2 Å². The van der Waals surface area contributed by atoms with Crippen molar-refractivity contribution in [2.24, 2.45) is 0 Å². The average Bonchev–Trinajstić information content (AvgIpc) is 3.13. The molecular weight excluding hydrogens is 344 g/mol. The molecule has 0 radical (unpaired) electrons. The van der Waals surface area contributed by atoms with E-state index in [4.69, 9.17) is 9.47 Å². The number of benzene rings is 2. The molecule has 0 saturated carbocycles. The lowest BCUT2D eigenvalue weighted by Crippen LogP contribution is -2.29. The minimum absolute atomic E-state index is 0.0854. The quantitative estimate of drug-likeness (QED) is 0.774. The van der Waals surface area contributed by atoms with Crippen molar-refractivity contribution < 1.29 is 14.3 Å². The molecule has 0 bridgehead atoms. The second-order valence-electron chi connectivity index (χ2n) is 6.36. The van der Waals surface area contributed by atoms with Crippen LogP contribution in [0.25, 0.3) is 0 Å². The standard InChI is InChI=1S/C21H18N2O4/c1-14-4-6-15(7-5-14)12-23-10-2-3-17(21(23)25)20(24)22-16-8-9-18-19(11-16)27-13-26-18/h2-11H,12-13H2,1H3,(H,22,24). The number of carbonyl (C=O) groups excluding carboxylic acids is 1. The Morgan fingerprint density at radius 3 is 2.67 bits per heavy atom. The highest BCUT2D eigenvalue weighted by molar-refractivity contribution is 6.04. The third-order valence-corrected chi connectivity index (χ3v) is 4.37. The third kappa shape index (κ3) is 3.55. The molecule has 6 nitrogen and oxygen atoms in total. The van der Waals surface area contributed by atoms with Gasteiger partial charge in [-0.3, -0.25) is 9.59 Å². The molecule has 0 atom stereocenters. The summed E-state index contributed by atoms with van der Waals surface area (Å²) in [6.07, 6.45) is 1.68. The van der Waals surface area contributed by atoms with Crippen LogP contribution < -0.4 is 20.3 Å². The number of aromatic nitrogens is 1. The normalized spacial score (nSPS) is 12.0. The largest absolute Gasteiger partial charge is 0.454 e. The van der Waals surface area contributed by atoms with Crippen LogP contribution >= 0.6 is 0 Å². The molecule has 1 aliphatic heterocycles. The van der Waals surface area contributed by atoms with Gasteiger partial charge in [-0.25, -0.2) is 0 Å². The number of amides is 1. The van der Waals surface area contributed by atoms with Crippen molar-refractivity contribution in [1.82, 2.24) is 4.57 Å². The first-order valence-electron chi connectivity index (χ1n) is 8.56. The molecule has 6 heteroatoms. The molecule has 1 amide bonds. The van der Waals surface area contributed by atoms with Gasteiger partial charge < -0.3 is 19.4 Å². The fourth-order valence-corrected chi connectivity index (χ4v) is 2.90. The summed E-state index contributed by atoms with van der Waals surface area (Å²) in [5, 5.41) is 2.74. The highest BCUT2D eigenvalue weighted by atomic mass is 16.7. The summed E-state index contributed by atoms with van der Waals surface area (Å²) in [5.74, 6) is 0.739. The van der Waals surface area contributed by atoms with Gasteiger partial charge in [0.1, 0.15) is 5.56 Å². The predicted molar refractivity (Wildman–Crippen MR) is 102 cm³/mol. The number of hydrogen-bond acceptors (Lipinski definition) is 4. The van der Waals surface area contributed by atoms with E-state index in [2.05, 4.69) is 5.32 Å². The van der Waals surface area contributed by atoms with Crippen molar-refractivity contribution in [3.05, 3.63) is 87.8 Å². The van der Waals surface area contributed by atoms with E-state index >= 15 is 0 Å². The molecule has 4 rings (SSSR count). The lowest BCUT2D eigenvalue weighted by molar-refractivity contribution is 0.102. The number of nitrogens with one attached hydrogen (secondary N) is 1. The van der Waals surface area contributed by atoms with Crippen molar-refractivity contribution in [2.75, 3.05) is 12.1 Å². The highest BCUT2D eigenvalue weighted by Crippen LogP contribution is 2.34. The molecule has 0 aliphatic carbocycles. The molecule has 3 aromatic rings. The summed E-state index contributed by atoms with van der Waals surface area (Å²) in [5.41, 5.74) is 2.44. The zero-order chi connectivity index (χ0) is 18.8. The fraction of sp³-hybridized carbons (Fsp3) is 0.143. The van der Waals surface area contributed by atoms with Gasteiger partial charge in [0.25, 0.3) is 11.5 Å². The number of hydrogen-bond donors (Lipinski definition) is 1. The summed E-state index contributed by atoms with van der Waals surface area (Å²) in [7, 11) is 0. The Morgan fingerprint density at radius 1 is 1.07 bits per heavy atom. The van der Waals surface area contributed by atoms with Gasteiger partial charge in [0.15, 0.2) is 11.5 Å². The van der Waals surface area contributed by atoms with E-state index < -0.39 is 5.91 Å². The molecule has 27 heavy (non-hydrogen) atoms. The molecule has 1 aromatic heterocycles. The van der Waals surface area contributed by atoms with Crippen LogP contribution in [-0.4, -0.2) is 17.3 Å². The number of carbonyl (C=O) groups is 1. The van der Waals surface area contributed by atoms with E-state index in [9.17, 15) is 9.59 Å². The first kappa shape index (κ1) is 16.9. The molecular formula is C21H18N2O4. The van der Waals surface area contributed by atoms with Crippen LogP contribution in [0, 0.1) is 6.92 Å². The number of fused-ring (bicyclic) bond motifs is 1. The number of aryl methyl sites for hydroxylation is 1. The summed E-state index contributed by atoms with van der Waals surface area (Å²) < 4.78 is 12.1. The highest BCUT2D eigenvalue weighted by Gasteiger charge is 2.16. The van der Waals surface area contributed by atoms with Gasteiger partial charge in [0.2, 0.25) is 6.79 Å². The van der Waals surface area contributed by atoms with Gasteiger partial charge in [-0.2, -0.15) is 0 Å². The Kier molecular flexibility index (Phi) is 4.38. The molecule has 0 saturated heterocycles. The van der Waals surface area contributed by atoms with E-state index in [-0.39, 0.29) is 17.9 Å². The summed E-state index contributed by atoms with van der Waals surface area (Å²) in [6, 6.07) is 16.3. The molecule has 0 unspecified atom stereocenters. The smallest absolute Gasteiger partial charge is 0.263 e. The topological polar surface area (TPSA) is 69.6 Å². The van der Waals surface area contributed by atoms with E-state index in [0.29, 0.717) is 23.7 Å². The zero-order valence-corrected chi connectivity index (χ0v) is 14.8. The molecule has 1 aliphatic rings. The maximum Gasteiger partial charge on any atom is 0.263 e. The van der Waals surface area contributed by atoms with Crippen LogP contribution in [0.2, 0.25) is 0 Å². The first-order chi connectivity index (χ1) is 13.1. The second-order valence-corrected chi connectivity index (χ2v) is 6.36. The maximum absolute atomic E-state index is 12.7. The monoisotopic (exact) mass is 362 g/mol. The van der Waals surface area contributed by atoms with E-state index in [0.717, 1.165) is 11.1 Å². The molecule has 0 fully saturated rings. The number of nitrogens with zero attached hydrogens (tertiary/aromatic N) is 1. The molecule has 136 valence electrons. The Morgan fingerprint density at radius 2 is 1.85 bits per heavy atom. The van der Waals surface area contributed by atoms with Crippen LogP contribution in [0.4, 0.5) is 5.69 Å². The number of ether oxygens (including phenoxy) is 2. The van der Waals surface area contributed by atoms with Crippen LogP contribution in [0.15, 0.2) is 65.6 Å². The maximum atomic E-state index is 12.7. The SMILES string of the molecule is Cc1ccc(Cn2cccc(C(=O)Nc3ccc4c(c3)OCO4)c2=O)cc1. The van der Waals surface area contributed by atoms with Crippen LogP contribution in [-0.2, 0) is 6.54 Å². The number of anilines is 1. The second kappa shape index (κ2) is 6.99. The lowest BCUT2D eigenvalue weighted by Gasteiger charge is -2.09. The van der Waals surface area contributed by atoms with Crippen molar-refractivity contribution in [3.63, 3.8) is 0 Å². The van der Waals surface area contributed by atoms with Crippen molar-refractivity contribution in [1.29, 1.82) is 0 Å². The Labute approximate surface area is 156 Å². The third-order valence-electron chi connectivity index (χ3n) is 4.37. The lowest BCUT2D eigenvalue weighted by atomic mass is 10.1. The Balaban J connectivity index is 1.55. The van der Waals surface area contributed by atoms with Crippen molar-refractivity contribution in [2.45, 2.75) is 13.5 Å². The van der Waals surface area contributed by atoms with Gasteiger partial charge in [-0.1, -0.05) is 29.8 Å². The summed E-state index contributed by atoms with van der Waals surface area (Å²) in [6.45, 7) is 2.58. The Bertz CT molecular complexity index is 1050. The number of rotatable bonds is 4. The molecule has 0 spiro atoms. The van der Waals surface area contributed by atoms with Crippen LogP contribution in [0.1, 0.15) is 21.5 Å². The van der Waals surface area contributed by atoms with E-state index in [1.165, 1.54) is 10.6 Å². The van der Waals surface area contributed by atoms with Gasteiger partial charge in [0, 0.05) is 18.0 Å². The Hall–Kier alpha value is -3.54. The van der Waals surface area contributed by atoms with Gasteiger partial charge in [-0.15, -0.1) is 0 Å².